The molecule has 5 aliphatic rings. The van der Waals surface area contributed by atoms with Crippen molar-refractivity contribution >= 4 is 11.9 Å². The van der Waals surface area contributed by atoms with Crippen molar-refractivity contribution in [1.82, 2.24) is 0 Å². The SMILES string of the molecule is CC(=O)O[C@H]1CC[C@]2(C)[C@H]3CC[C@@H]4C5=CC(C)(C)CC[C@]5(C(=O)O)CC[C@@]4(C)[C@]3(C)CC[C@H]2C1(C)C. The van der Waals surface area contributed by atoms with Gasteiger partial charge in [-0.05, 0) is 104 Å². The normalized spacial score (nSPS) is 48.8. The third-order valence-corrected chi connectivity index (χ3v) is 13.3. The highest BCUT2D eigenvalue weighted by atomic mass is 16.5. The highest BCUT2D eigenvalue weighted by Crippen LogP contribution is 2.76. The Morgan fingerprint density at radius 2 is 1.47 bits per heavy atom. The highest BCUT2D eigenvalue weighted by molar-refractivity contribution is 5.80. The first-order valence-corrected chi connectivity index (χ1v) is 14.7. The van der Waals surface area contributed by atoms with Gasteiger partial charge >= 0.3 is 11.9 Å². The van der Waals surface area contributed by atoms with Crippen LogP contribution < -0.4 is 0 Å². The molecule has 0 unspecified atom stereocenters. The molecule has 4 fully saturated rings. The van der Waals surface area contributed by atoms with Gasteiger partial charge in [0.15, 0.2) is 0 Å². The van der Waals surface area contributed by atoms with Gasteiger partial charge < -0.3 is 9.84 Å². The number of allylic oxidation sites excluding steroid dienone is 1. The second kappa shape index (κ2) is 7.85. The Morgan fingerprint density at radius 1 is 0.806 bits per heavy atom. The lowest BCUT2D eigenvalue weighted by molar-refractivity contribution is -0.233. The third kappa shape index (κ3) is 3.30. The van der Waals surface area contributed by atoms with Crippen molar-refractivity contribution in [1.29, 1.82) is 0 Å². The Hall–Kier alpha value is -1.32. The van der Waals surface area contributed by atoms with Crippen molar-refractivity contribution in [2.45, 2.75) is 126 Å². The number of carbonyl (C=O) groups is 2. The van der Waals surface area contributed by atoms with Crippen molar-refractivity contribution in [3.8, 4) is 0 Å². The summed E-state index contributed by atoms with van der Waals surface area (Å²) in [5, 5.41) is 10.5. The van der Waals surface area contributed by atoms with E-state index < -0.39 is 11.4 Å². The van der Waals surface area contributed by atoms with E-state index in [1.807, 2.05) is 0 Å². The molecule has 0 heterocycles. The molecule has 0 bridgehead atoms. The molecular formula is C32H50O4. The first kappa shape index (κ1) is 26.3. The van der Waals surface area contributed by atoms with Crippen LogP contribution in [0.3, 0.4) is 0 Å². The van der Waals surface area contributed by atoms with Crippen LogP contribution in [0.2, 0.25) is 0 Å². The predicted molar refractivity (Wildman–Crippen MR) is 142 cm³/mol. The number of carbonyl (C=O) groups excluding carboxylic acids is 1. The maximum atomic E-state index is 12.8. The summed E-state index contributed by atoms with van der Waals surface area (Å²) in [6, 6.07) is 0. The molecule has 5 rings (SSSR count). The average molecular weight is 499 g/mol. The molecule has 36 heavy (non-hydrogen) atoms. The molecule has 0 aliphatic heterocycles. The Balaban J connectivity index is 1.54. The number of esters is 1. The topological polar surface area (TPSA) is 63.6 Å². The van der Waals surface area contributed by atoms with Crippen LogP contribution >= 0.6 is 0 Å². The van der Waals surface area contributed by atoms with Gasteiger partial charge in [-0.1, -0.05) is 60.1 Å². The second-order valence-electron chi connectivity index (χ2n) is 15.5. The van der Waals surface area contributed by atoms with Crippen LogP contribution in [0.4, 0.5) is 0 Å². The lowest BCUT2D eigenvalue weighted by atomic mass is 9.32. The molecule has 4 saturated carbocycles. The fourth-order valence-electron chi connectivity index (χ4n) is 11.1. The minimum Gasteiger partial charge on any atom is -0.481 e. The quantitative estimate of drug-likeness (QED) is 0.311. The van der Waals surface area contributed by atoms with Gasteiger partial charge in [-0.2, -0.15) is 0 Å². The standard InChI is InChI=1S/C32H50O4/c1-20(33)36-25-12-13-29(6)23(28(25,4)5)11-14-31(8)24(29)10-9-21-22-19-27(2,3)15-17-32(22,26(34)35)18-16-30(21,31)7/h19,21,23-25H,9-18H2,1-8H3,(H,34,35)/t21-,23+,24-,25+,29+,30-,31-,32+/m1/s1. The Labute approximate surface area is 219 Å². The van der Waals surface area contributed by atoms with E-state index in [0.29, 0.717) is 17.8 Å². The Kier molecular flexibility index (Phi) is 5.74. The number of ether oxygens (including phenoxy) is 1. The molecule has 0 aromatic carbocycles. The zero-order valence-corrected chi connectivity index (χ0v) is 24.1. The highest BCUT2D eigenvalue weighted by Gasteiger charge is 2.70. The first-order valence-electron chi connectivity index (χ1n) is 14.7. The smallest absolute Gasteiger partial charge is 0.313 e. The molecular weight excluding hydrogens is 448 g/mol. The monoisotopic (exact) mass is 498 g/mol. The maximum Gasteiger partial charge on any atom is 0.313 e. The number of carboxylic acid groups (broad SMARTS) is 1. The van der Waals surface area contributed by atoms with E-state index in [1.54, 1.807) is 6.92 Å². The van der Waals surface area contributed by atoms with Gasteiger partial charge in [0, 0.05) is 12.3 Å². The minimum atomic E-state index is -0.645. The van der Waals surface area contributed by atoms with Crippen molar-refractivity contribution < 1.29 is 19.4 Å². The summed E-state index contributed by atoms with van der Waals surface area (Å²) in [4.78, 5) is 24.7. The first-order chi connectivity index (χ1) is 16.5. The summed E-state index contributed by atoms with van der Waals surface area (Å²) >= 11 is 0. The van der Waals surface area contributed by atoms with Gasteiger partial charge in [0.05, 0.1) is 5.41 Å². The van der Waals surface area contributed by atoms with Gasteiger partial charge in [0.2, 0.25) is 0 Å². The molecule has 0 spiro atoms. The van der Waals surface area contributed by atoms with Gasteiger partial charge in [-0.25, -0.2) is 0 Å². The van der Waals surface area contributed by atoms with Crippen LogP contribution in [0.1, 0.15) is 120 Å². The molecule has 4 heteroatoms. The van der Waals surface area contributed by atoms with Crippen molar-refractivity contribution in [3.05, 3.63) is 11.6 Å². The Bertz CT molecular complexity index is 992. The van der Waals surface area contributed by atoms with Crippen molar-refractivity contribution in [2.75, 3.05) is 0 Å². The molecule has 1 N–H and O–H groups in total. The lowest BCUT2D eigenvalue weighted by Crippen LogP contribution is -2.66. The van der Waals surface area contributed by atoms with Gasteiger partial charge in [0.25, 0.3) is 0 Å². The number of aliphatic carboxylic acids is 1. The van der Waals surface area contributed by atoms with Crippen LogP contribution in [0, 0.1) is 50.2 Å². The molecule has 0 aromatic rings. The van der Waals surface area contributed by atoms with E-state index in [0.717, 1.165) is 44.9 Å². The summed E-state index contributed by atoms with van der Waals surface area (Å²) in [5.41, 5.74) is 1.23. The number of rotatable bonds is 2. The number of fused-ring (bicyclic) bond motifs is 7. The van der Waals surface area contributed by atoms with Crippen LogP contribution in [0.25, 0.3) is 0 Å². The van der Waals surface area contributed by atoms with E-state index in [1.165, 1.54) is 24.8 Å². The predicted octanol–water partition coefficient (Wildman–Crippen LogP) is 7.80. The molecule has 5 aliphatic carbocycles. The van der Waals surface area contributed by atoms with Crippen LogP contribution in [-0.2, 0) is 14.3 Å². The zero-order chi connectivity index (χ0) is 26.5. The molecule has 0 amide bonds. The summed E-state index contributed by atoms with van der Waals surface area (Å²) in [6.07, 6.45) is 12.7. The molecule has 4 nitrogen and oxygen atoms in total. The van der Waals surface area contributed by atoms with Crippen LogP contribution in [-0.4, -0.2) is 23.1 Å². The Morgan fingerprint density at radius 3 is 2.11 bits per heavy atom. The molecule has 0 aromatic heterocycles. The fraction of sp³-hybridized carbons (Fsp3) is 0.875. The number of hydrogen-bond donors (Lipinski definition) is 1. The van der Waals surface area contributed by atoms with Gasteiger partial charge in [-0.15, -0.1) is 0 Å². The maximum absolute atomic E-state index is 12.8. The van der Waals surface area contributed by atoms with Gasteiger partial charge in [0.1, 0.15) is 6.10 Å². The van der Waals surface area contributed by atoms with E-state index in [4.69, 9.17) is 4.74 Å². The summed E-state index contributed by atoms with van der Waals surface area (Å²) < 4.78 is 5.88. The number of carboxylic acids is 1. The lowest BCUT2D eigenvalue weighted by Gasteiger charge is -2.72. The third-order valence-electron chi connectivity index (χ3n) is 13.3. The van der Waals surface area contributed by atoms with E-state index in [-0.39, 0.29) is 39.1 Å². The largest absolute Gasteiger partial charge is 0.481 e. The van der Waals surface area contributed by atoms with Gasteiger partial charge in [-0.3, -0.25) is 9.59 Å². The molecule has 202 valence electrons. The van der Waals surface area contributed by atoms with E-state index >= 15 is 0 Å². The summed E-state index contributed by atoms with van der Waals surface area (Å²) in [5.74, 6) is 0.791. The second-order valence-corrected chi connectivity index (χ2v) is 15.5. The van der Waals surface area contributed by atoms with Crippen LogP contribution in [0.15, 0.2) is 11.6 Å². The minimum absolute atomic E-state index is 0.00449. The average Bonchev–Trinajstić information content (AvgIpc) is 2.75. The van der Waals surface area contributed by atoms with Crippen molar-refractivity contribution in [2.24, 2.45) is 50.2 Å². The molecule has 8 atom stereocenters. The fourth-order valence-corrected chi connectivity index (χ4v) is 11.1. The number of hydrogen-bond acceptors (Lipinski definition) is 3. The zero-order valence-electron chi connectivity index (χ0n) is 24.1. The molecule has 0 radical (unpaired) electrons. The summed E-state index contributed by atoms with van der Waals surface area (Å²) in [7, 11) is 0. The van der Waals surface area contributed by atoms with Crippen LogP contribution in [0.5, 0.6) is 0 Å². The van der Waals surface area contributed by atoms with Crippen molar-refractivity contribution in [3.63, 3.8) is 0 Å². The molecule has 0 saturated heterocycles. The summed E-state index contributed by atoms with van der Waals surface area (Å²) in [6.45, 7) is 18.5. The van der Waals surface area contributed by atoms with E-state index in [9.17, 15) is 14.7 Å². The van der Waals surface area contributed by atoms with E-state index in [2.05, 4.69) is 54.5 Å².